The van der Waals surface area contributed by atoms with Crippen molar-refractivity contribution in [3.05, 3.63) is 23.8 Å². The minimum Gasteiger partial charge on any atom is -0.454 e. The normalized spacial score (nSPS) is 23.4. The standard InChI is InChI=1S/C20H28N2O3/c21-20(10-4-5-11-20)18(23)22-13-19(8-2-1-3-9-19)15-6-7-16-17(12-15)25-14-24-16/h6-7,12H,1-5,8-11,13-14,21H2,(H,22,23). The number of amides is 1. The molecule has 2 aliphatic carbocycles. The number of hydrogen-bond acceptors (Lipinski definition) is 4. The molecular formula is C20H28N2O3. The molecule has 5 heteroatoms. The first-order chi connectivity index (χ1) is 12.1. The Morgan fingerprint density at radius 1 is 1.00 bits per heavy atom. The molecule has 4 rings (SSSR count). The minimum absolute atomic E-state index is 0.0238. The lowest BCUT2D eigenvalue weighted by atomic mass is 9.69. The van der Waals surface area contributed by atoms with E-state index in [4.69, 9.17) is 15.2 Å². The van der Waals surface area contributed by atoms with Gasteiger partial charge in [0.05, 0.1) is 5.54 Å². The molecule has 2 saturated carbocycles. The number of hydrogen-bond donors (Lipinski definition) is 2. The van der Waals surface area contributed by atoms with Crippen molar-refractivity contribution in [2.75, 3.05) is 13.3 Å². The van der Waals surface area contributed by atoms with E-state index in [1.54, 1.807) is 0 Å². The Morgan fingerprint density at radius 3 is 2.44 bits per heavy atom. The summed E-state index contributed by atoms with van der Waals surface area (Å²) >= 11 is 0. The van der Waals surface area contributed by atoms with Crippen LogP contribution in [0.3, 0.4) is 0 Å². The van der Waals surface area contributed by atoms with Crippen molar-refractivity contribution in [2.24, 2.45) is 5.73 Å². The van der Waals surface area contributed by atoms with Crippen molar-refractivity contribution in [3.8, 4) is 11.5 Å². The highest BCUT2D eigenvalue weighted by molar-refractivity contribution is 5.86. The summed E-state index contributed by atoms with van der Waals surface area (Å²) in [7, 11) is 0. The number of nitrogens with one attached hydrogen (secondary N) is 1. The monoisotopic (exact) mass is 344 g/mol. The summed E-state index contributed by atoms with van der Waals surface area (Å²) in [6, 6.07) is 6.24. The van der Waals surface area contributed by atoms with Crippen molar-refractivity contribution in [2.45, 2.75) is 68.7 Å². The van der Waals surface area contributed by atoms with Gasteiger partial charge < -0.3 is 20.5 Å². The van der Waals surface area contributed by atoms with Gasteiger partial charge in [-0.15, -0.1) is 0 Å². The Kier molecular flexibility index (Phi) is 4.36. The largest absolute Gasteiger partial charge is 0.454 e. The molecule has 0 saturated heterocycles. The zero-order chi connectivity index (χ0) is 17.3. The van der Waals surface area contributed by atoms with E-state index in [1.807, 2.05) is 6.07 Å². The molecule has 1 amide bonds. The Balaban J connectivity index is 1.54. The predicted octanol–water partition coefficient (Wildman–Crippen LogP) is 3.00. The van der Waals surface area contributed by atoms with Crippen LogP contribution in [0.4, 0.5) is 0 Å². The average Bonchev–Trinajstić information content (AvgIpc) is 3.29. The Bertz CT molecular complexity index is 646. The summed E-state index contributed by atoms with van der Waals surface area (Å²) in [5.41, 5.74) is 6.88. The van der Waals surface area contributed by atoms with Crippen LogP contribution in [-0.2, 0) is 10.2 Å². The number of rotatable bonds is 4. The molecular weight excluding hydrogens is 316 g/mol. The van der Waals surface area contributed by atoms with Gasteiger partial charge in [0, 0.05) is 12.0 Å². The molecule has 25 heavy (non-hydrogen) atoms. The van der Waals surface area contributed by atoms with Crippen molar-refractivity contribution in [1.29, 1.82) is 0 Å². The number of carbonyl (C=O) groups is 1. The molecule has 0 spiro atoms. The highest BCUT2D eigenvalue weighted by Crippen LogP contribution is 2.43. The molecule has 1 aromatic rings. The van der Waals surface area contributed by atoms with E-state index in [-0.39, 0.29) is 18.1 Å². The number of benzene rings is 1. The van der Waals surface area contributed by atoms with Gasteiger partial charge in [-0.3, -0.25) is 4.79 Å². The van der Waals surface area contributed by atoms with E-state index in [9.17, 15) is 4.79 Å². The van der Waals surface area contributed by atoms with Crippen molar-refractivity contribution in [3.63, 3.8) is 0 Å². The molecule has 1 aliphatic heterocycles. The summed E-state index contributed by atoms with van der Waals surface area (Å²) in [5.74, 6) is 1.65. The van der Waals surface area contributed by atoms with E-state index in [0.29, 0.717) is 6.54 Å². The molecule has 0 radical (unpaired) electrons. The maximum Gasteiger partial charge on any atom is 0.240 e. The summed E-state index contributed by atoms with van der Waals surface area (Å²) in [5, 5.41) is 3.21. The predicted molar refractivity (Wildman–Crippen MR) is 95.7 cm³/mol. The SMILES string of the molecule is NC1(C(=O)NCC2(c3ccc4c(c3)OCO4)CCCCC2)CCCC1. The lowest BCUT2D eigenvalue weighted by Gasteiger charge is -2.39. The molecule has 5 nitrogen and oxygen atoms in total. The smallest absolute Gasteiger partial charge is 0.240 e. The van der Waals surface area contributed by atoms with Crippen LogP contribution in [0.2, 0.25) is 0 Å². The van der Waals surface area contributed by atoms with Crippen LogP contribution in [0.1, 0.15) is 63.4 Å². The van der Waals surface area contributed by atoms with Crippen LogP contribution in [0.25, 0.3) is 0 Å². The molecule has 1 aromatic carbocycles. The molecule has 136 valence electrons. The number of ether oxygens (including phenoxy) is 2. The minimum atomic E-state index is -0.662. The first-order valence-electron chi connectivity index (χ1n) is 9.59. The Morgan fingerprint density at radius 2 is 1.68 bits per heavy atom. The van der Waals surface area contributed by atoms with E-state index in [0.717, 1.165) is 50.0 Å². The lowest BCUT2D eigenvalue weighted by molar-refractivity contribution is -0.126. The highest BCUT2D eigenvalue weighted by Gasteiger charge is 2.40. The molecule has 1 heterocycles. The molecule has 3 aliphatic rings. The van der Waals surface area contributed by atoms with Crippen LogP contribution >= 0.6 is 0 Å². The van der Waals surface area contributed by atoms with Crippen LogP contribution < -0.4 is 20.5 Å². The highest BCUT2D eigenvalue weighted by atomic mass is 16.7. The van der Waals surface area contributed by atoms with Crippen LogP contribution in [0, 0.1) is 0 Å². The fraction of sp³-hybridized carbons (Fsp3) is 0.650. The van der Waals surface area contributed by atoms with Crippen molar-refractivity contribution >= 4 is 5.91 Å². The van der Waals surface area contributed by atoms with Crippen LogP contribution in [0.5, 0.6) is 11.5 Å². The second kappa shape index (κ2) is 6.52. The topological polar surface area (TPSA) is 73.6 Å². The van der Waals surface area contributed by atoms with Gasteiger partial charge in [-0.2, -0.15) is 0 Å². The number of carbonyl (C=O) groups excluding carboxylic acids is 1. The first-order valence-corrected chi connectivity index (χ1v) is 9.59. The molecule has 3 N–H and O–H groups in total. The quantitative estimate of drug-likeness (QED) is 0.880. The zero-order valence-corrected chi connectivity index (χ0v) is 14.8. The Hall–Kier alpha value is -1.75. The lowest BCUT2D eigenvalue weighted by Crippen LogP contribution is -2.54. The second-order valence-electron chi connectivity index (χ2n) is 7.95. The second-order valence-corrected chi connectivity index (χ2v) is 7.95. The number of fused-ring (bicyclic) bond motifs is 1. The average molecular weight is 344 g/mol. The van der Waals surface area contributed by atoms with Gasteiger partial charge in [-0.1, -0.05) is 38.2 Å². The van der Waals surface area contributed by atoms with Gasteiger partial charge in [0.1, 0.15) is 0 Å². The summed E-state index contributed by atoms with van der Waals surface area (Å²) in [4.78, 5) is 12.7. The molecule has 0 atom stereocenters. The van der Waals surface area contributed by atoms with Gasteiger partial charge in [-0.05, 0) is 43.4 Å². The van der Waals surface area contributed by atoms with Crippen LogP contribution in [-0.4, -0.2) is 24.8 Å². The van der Waals surface area contributed by atoms with E-state index < -0.39 is 5.54 Å². The summed E-state index contributed by atoms with van der Waals surface area (Å²) < 4.78 is 11.0. The third-order valence-corrected chi connectivity index (χ3v) is 6.33. The van der Waals surface area contributed by atoms with E-state index in [1.165, 1.54) is 24.8 Å². The van der Waals surface area contributed by atoms with E-state index in [2.05, 4.69) is 17.4 Å². The van der Waals surface area contributed by atoms with Crippen molar-refractivity contribution in [1.82, 2.24) is 5.32 Å². The third kappa shape index (κ3) is 3.10. The van der Waals surface area contributed by atoms with Gasteiger partial charge >= 0.3 is 0 Å². The molecule has 2 fully saturated rings. The summed E-state index contributed by atoms with van der Waals surface area (Å²) in [6.45, 7) is 0.947. The maximum atomic E-state index is 12.7. The molecule has 0 aromatic heterocycles. The number of nitrogens with two attached hydrogens (primary N) is 1. The fourth-order valence-corrected chi connectivity index (χ4v) is 4.68. The molecule has 0 unspecified atom stereocenters. The fourth-order valence-electron chi connectivity index (χ4n) is 4.68. The Labute approximate surface area is 149 Å². The van der Waals surface area contributed by atoms with Gasteiger partial charge in [0.25, 0.3) is 0 Å². The summed E-state index contributed by atoms with van der Waals surface area (Å²) in [6.07, 6.45) is 9.53. The maximum absolute atomic E-state index is 12.7. The van der Waals surface area contributed by atoms with Gasteiger partial charge in [0.15, 0.2) is 11.5 Å². The molecule has 0 bridgehead atoms. The third-order valence-electron chi connectivity index (χ3n) is 6.33. The zero-order valence-electron chi connectivity index (χ0n) is 14.8. The van der Waals surface area contributed by atoms with Gasteiger partial charge in [-0.25, -0.2) is 0 Å². The van der Waals surface area contributed by atoms with Gasteiger partial charge in [0.2, 0.25) is 12.7 Å². The van der Waals surface area contributed by atoms with E-state index >= 15 is 0 Å². The first kappa shape index (κ1) is 16.7. The van der Waals surface area contributed by atoms with Crippen LogP contribution in [0.15, 0.2) is 18.2 Å². The van der Waals surface area contributed by atoms with Crippen molar-refractivity contribution < 1.29 is 14.3 Å².